The third-order valence-corrected chi connectivity index (χ3v) is 2.52. The first-order valence-corrected chi connectivity index (χ1v) is 4.76. The van der Waals surface area contributed by atoms with Crippen LogP contribution < -0.4 is 10.6 Å². The Morgan fingerprint density at radius 3 is 2.36 bits per heavy atom. The molecule has 0 saturated heterocycles. The van der Waals surface area contributed by atoms with E-state index in [9.17, 15) is 0 Å². The molecule has 0 aromatic heterocycles. The highest BCUT2D eigenvalue weighted by Gasteiger charge is 2.13. The minimum Gasteiger partial charge on any atom is -0.305 e. The molecule has 1 aliphatic carbocycles. The molecule has 1 aliphatic rings. The first kappa shape index (κ1) is 9.01. The van der Waals surface area contributed by atoms with Gasteiger partial charge in [0.05, 0.1) is 6.17 Å². The number of nitrogens with one attached hydrogen (secondary N) is 2. The zero-order chi connectivity index (χ0) is 8.10. The molecular weight excluding hydrogens is 136 g/mol. The number of hydrogen-bond acceptors (Lipinski definition) is 2. The summed E-state index contributed by atoms with van der Waals surface area (Å²) in [6.45, 7) is 2.18. The van der Waals surface area contributed by atoms with Gasteiger partial charge < -0.3 is 5.32 Å². The van der Waals surface area contributed by atoms with Gasteiger partial charge in [0.15, 0.2) is 0 Å². The molecule has 0 amide bonds. The lowest BCUT2D eigenvalue weighted by atomic mass is 9.95. The predicted octanol–water partition coefficient (Wildman–Crippen LogP) is 1.47. The van der Waals surface area contributed by atoms with Gasteiger partial charge in [-0.2, -0.15) is 0 Å². The quantitative estimate of drug-likeness (QED) is 0.605. The van der Waals surface area contributed by atoms with Gasteiger partial charge in [-0.25, -0.2) is 0 Å². The van der Waals surface area contributed by atoms with Crippen molar-refractivity contribution >= 4 is 0 Å². The van der Waals surface area contributed by atoms with Crippen molar-refractivity contribution in [2.45, 2.75) is 51.2 Å². The van der Waals surface area contributed by atoms with E-state index in [2.05, 4.69) is 17.6 Å². The summed E-state index contributed by atoms with van der Waals surface area (Å²) in [5, 5.41) is 6.76. The minimum absolute atomic E-state index is 0.470. The molecule has 2 N–H and O–H groups in total. The molecule has 2 heteroatoms. The van der Waals surface area contributed by atoms with Crippen LogP contribution in [0, 0.1) is 0 Å². The lowest BCUT2D eigenvalue weighted by molar-refractivity contribution is 0.328. The highest BCUT2D eigenvalue weighted by molar-refractivity contribution is 4.73. The largest absolute Gasteiger partial charge is 0.305 e. The fourth-order valence-corrected chi connectivity index (χ4v) is 1.71. The van der Waals surface area contributed by atoms with Crippen LogP contribution in [0.2, 0.25) is 0 Å². The van der Waals surface area contributed by atoms with Crippen LogP contribution in [0.5, 0.6) is 0 Å². The SMILES string of the molecule is CNC(C)NC1CCCCC1. The summed E-state index contributed by atoms with van der Waals surface area (Å²) < 4.78 is 0. The topological polar surface area (TPSA) is 24.1 Å². The van der Waals surface area contributed by atoms with Crippen LogP contribution in [0.3, 0.4) is 0 Å². The predicted molar refractivity (Wildman–Crippen MR) is 48.5 cm³/mol. The van der Waals surface area contributed by atoms with E-state index >= 15 is 0 Å². The average molecular weight is 156 g/mol. The zero-order valence-corrected chi connectivity index (χ0v) is 7.69. The Morgan fingerprint density at radius 2 is 1.82 bits per heavy atom. The van der Waals surface area contributed by atoms with Crippen molar-refractivity contribution in [3.63, 3.8) is 0 Å². The summed E-state index contributed by atoms with van der Waals surface area (Å²) in [4.78, 5) is 0. The van der Waals surface area contributed by atoms with E-state index < -0.39 is 0 Å². The Bertz CT molecular complexity index is 97.7. The van der Waals surface area contributed by atoms with Crippen molar-refractivity contribution in [2.24, 2.45) is 0 Å². The minimum atomic E-state index is 0.470. The molecule has 0 bridgehead atoms. The molecule has 0 radical (unpaired) electrons. The molecule has 1 rings (SSSR count). The standard InChI is InChI=1S/C9H20N2/c1-8(10-2)11-9-6-4-3-5-7-9/h8-11H,3-7H2,1-2H3. The maximum Gasteiger partial charge on any atom is 0.0542 e. The Balaban J connectivity index is 2.13. The van der Waals surface area contributed by atoms with E-state index in [0.29, 0.717) is 6.17 Å². The smallest absolute Gasteiger partial charge is 0.0542 e. The molecule has 11 heavy (non-hydrogen) atoms. The molecule has 66 valence electrons. The number of rotatable bonds is 3. The monoisotopic (exact) mass is 156 g/mol. The van der Waals surface area contributed by atoms with Gasteiger partial charge in [-0.15, -0.1) is 0 Å². The van der Waals surface area contributed by atoms with Crippen LogP contribution in [-0.2, 0) is 0 Å². The van der Waals surface area contributed by atoms with Crippen LogP contribution >= 0.6 is 0 Å². The van der Waals surface area contributed by atoms with Gasteiger partial charge in [-0.3, -0.25) is 5.32 Å². The van der Waals surface area contributed by atoms with Crippen molar-refractivity contribution in [2.75, 3.05) is 7.05 Å². The molecule has 1 fully saturated rings. The molecule has 1 saturated carbocycles. The van der Waals surface area contributed by atoms with Crippen molar-refractivity contribution in [1.29, 1.82) is 0 Å². The summed E-state index contributed by atoms with van der Waals surface area (Å²) >= 11 is 0. The van der Waals surface area contributed by atoms with Crippen LogP contribution in [0.1, 0.15) is 39.0 Å². The normalized spacial score (nSPS) is 23.5. The number of hydrogen-bond donors (Lipinski definition) is 2. The van der Waals surface area contributed by atoms with E-state index in [1.54, 1.807) is 0 Å². The first-order valence-electron chi connectivity index (χ1n) is 4.76. The third kappa shape index (κ3) is 3.21. The Hall–Kier alpha value is -0.0800. The molecular formula is C9H20N2. The van der Waals surface area contributed by atoms with Crippen LogP contribution in [-0.4, -0.2) is 19.3 Å². The van der Waals surface area contributed by atoms with Crippen molar-refractivity contribution in [3.8, 4) is 0 Å². The van der Waals surface area contributed by atoms with Crippen molar-refractivity contribution in [1.82, 2.24) is 10.6 Å². The molecule has 0 spiro atoms. The Kier molecular flexibility index (Phi) is 3.87. The third-order valence-electron chi connectivity index (χ3n) is 2.52. The van der Waals surface area contributed by atoms with Crippen LogP contribution in [0.25, 0.3) is 0 Å². The maximum absolute atomic E-state index is 3.56. The summed E-state index contributed by atoms with van der Waals surface area (Å²) in [6.07, 6.45) is 7.46. The Labute approximate surface area is 69.8 Å². The maximum atomic E-state index is 3.56. The van der Waals surface area contributed by atoms with E-state index in [1.807, 2.05) is 7.05 Å². The van der Waals surface area contributed by atoms with Crippen molar-refractivity contribution < 1.29 is 0 Å². The summed E-state index contributed by atoms with van der Waals surface area (Å²) in [5.41, 5.74) is 0. The lowest BCUT2D eigenvalue weighted by Gasteiger charge is -2.26. The molecule has 0 aromatic rings. The fourth-order valence-electron chi connectivity index (χ4n) is 1.71. The lowest BCUT2D eigenvalue weighted by Crippen LogP contribution is -2.44. The van der Waals surface area contributed by atoms with Gasteiger partial charge in [0.25, 0.3) is 0 Å². The summed E-state index contributed by atoms with van der Waals surface area (Å²) in [5.74, 6) is 0. The second-order valence-corrected chi connectivity index (χ2v) is 3.51. The highest BCUT2D eigenvalue weighted by Crippen LogP contribution is 2.17. The second kappa shape index (κ2) is 4.73. The van der Waals surface area contributed by atoms with E-state index in [-0.39, 0.29) is 0 Å². The molecule has 0 heterocycles. The van der Waals surface area contributed by atoms with Gasteiger partial charge in [-0.1, -0.05) is 19.3 Å². The van der Waals surface area contributed by atoms with Crippen LogP contribution in [0.15, 0.2) is 0 Å². The Morgan fingerprint density at radius 1 is 1.18 bits per heavy atom. The van der Waals surface area contributed by atoms with Gasteiger partial charge in [0.1, 0.15) is 0 Å². The van der Waals surface area contributed by atoms with Gasteiger partial charge in [0.2, 0.25) is 0 Å². The van der Waals surface area contributed by atoms with E-state index in [4.69, 9.17) is 0 Å². The molecule has 0 aliphatic heterocycles. The summed E-state index contributed by atoms with van der Waals surface area (Å²) in [7, 11) is 2.00. The molecule has 1 unspecified atom stereocenters. The molecule has 2 nitrogen and oxygen atoms in total. The highest BCUT2D eigenvalue weighted by atomic mass is 15.1. The van der Waals surface area contributed by atoms with E-state index in [1.165, 1.54) is 32.1 Å². The molecule has 0 aromatic carbocycles. The van der Waals surface area contributed by atoms with Gasteiger partial charge >= 0.3 is 0 Å². The van der Waals surface area contributed by atoms with Gasteiger partial charge in [-0.05, 0) is 26.8 Å². The van der Waals surface area contributed by atoms with Crippen molar-refractivity contribution in [3.05, 3.63) is 0 Å². The van der Waals surface area contributed by atoms with E-state index in [0.717, 1.165) is 6.04 Å². The molecule has 1 atom stereocenters. The zero-order valence-electron chi connectivity index (χ0n) is 7.69. The summed E-state index contributed by atoms with van der Waals surface area (Å²) in [6, 6.07) is 0.770. The van der Waals surface area contributed by atoms with Gasteiger partial charge in [0, 0.05) is 6.04 Å². The first-order chi connectivity index (χ1) is 5.33. The average Bonchev–Trinajstić information content (AvgIpc) is 2.06. The second-order valence-electron chi connectivity index (χ2n) is 3.51. The van der Waals surface area contributed by atoms with Crippen LogP contribution in [0.4, 0.5) is 0 Å². The fraction of sp³-hybridized carbons (Fsp3) is 1.00.